The summed E-state index contributed by atoms with van der Waals surface area (Å²) < 4.78 is 4.66. The summed E-state index contributed by atoms with van der Waals surface area (Å²) >= 11 is 0. The first-order valence-corrected chi connectivity index (χ1v) is 6.62. The van der Waals surface area contributed by atoms with Crippen LogP contribution in [-0.4, -0.2) is 44.2 Å². The van der Waals surface area contributed by atoms with E-state index in [1.54, 1.807) is 12.1 Å². The van der Waals surface area contributed by atoms with Gasteiger partial charge in [0, 0.05) is 25.7 Å². The summed E-state index contributed by atoms with van der Waals surface area (Å²) in [5.74, 6) is -0.293. The average Bonchev–Trinajstić information content (AvgIpc) is 2.43. The zero-order chi connectivity index (χ0) is 14.3. The van der Waals surface area contributed by atoms with Gasteiger partial charge >= 0.3 is 5.97 Å². The van der Waals surface area contributed by atoms with Crippen LogP contribution in [0.3, 0.4) is 0 Å². The molecule has 4 nitrogen and oxygen atoms in total. The Morgan fingerprint density at radius 1 is 1.32 bits per heavy atom. The van der Waals surface area contributed by atoms with Crippen molar-refractivity contribution in [2.24, 2.45) is 0 Å². The summed E-state index contributed by atoms with van der Waals surface area (Å²) in [6.45, 7) is 7.16. The van der Waals surface area contributed by atoms with Gasteiger partial charge in [-0.2, -0.15) is 0 Å². The lowest BCUT2D eigenvalue weighted by Gasteiger charge is -2.20. The molecule has 0 atom stereocenters. The van der Waals surface area contributed by atoms with E-state index in [-0.39, 0.29) is 5.97 Å². The number of carbonyl (C=O) groups excluding carboxylic acids is 1. The monoisotopic (exact) mass is 264 g/mol. The van der Waals surface area contributed by atoms with Crippen molar-refractivity contribution in [1.29, 1.82) is 0 Å². The molecule has 0 bridgehead atoms. The number of carbonyl (C=O) groups is 1. The van der Waals surface area contributed by atoms with E-state index in [2.05, 4.69) is 35.8 Å². The zero-order valence-corrected chi connectivity index (χ0v) is 12.3. The first-order valence-electron chi connectivity index (χ1n) is 6.62. The molecule has 1 aromatic carbocycles. The van der Waals surface area contributed by atoms with Crippen molar-refractivity contribution in [1.82, 2.24) is 10.2 Å². The van der Waals surface area contributed by atoms with Crippen molar-refractivity contribution in [3.63, 3.8) is 0 Å². The Morgan fingerprint density at radius 2 is 1.95 bits per heavy atom. The van der Waals surface area contributed by atoms with Crippen LogP contribution < -0.4 is 5.32 Å². The van der Waals surface area contributed by atoms with E-state index in [0.29, 0.717) is 11.6 Å². The molecule has 0 heterocycles. The first kappa shape index (κ1) is 15.7. The molecule has 1 rings (SSSR count). The van der Waals surface area contributed by atoms with Gasteiger partial charge in [-0.15, -0.1) is 0 Å². The molecule has 1 N–H and O–H groups in total. The molecule has 0 saturated carbocycles. The van der Waals surface area contributed by atoms with Crippen molar-refractivity contribution in [2.45, 2.75) is 26.4 Å². The van der Waals surface area contributed by atoms with Gasteiger partial charge < -0.3 is 15.0 Å². The molecule has 0 aliphatic rings. The Balaban J connectivity index is 2.32. The number of benzene rings is 1. The molecule has 19 heavy (non-hydrogen) atoms. The SMILES string of the molecule is COC(=O)c1ccc(CNCCN(C)C(C)C)cc1. The summed E-state index contributed by atoms with van der Waals surface area (Å²) in [5.41, 5.74) is 1.76. The van der Waals surface area contributed by atoms with Crippen LogP contribution >= 0.6 is 0 Å². The zero-order valence-electron chi connectivity index (χ0n) is 12.3. The molecule has 0 saturated heterocycles. The fraction of sp³-hybridized carbons (Fsp3) is 0.533. The molecule has 0 aromatic heterocycles. The number of nitrogens with zero attached hydrogens (tertiary/aromatic N) is 1. The van der Waals surface area contributed by atoms with Crippen LogP contribution in [0.5, 0.6) is 0 Å². The van der Waals surface area contributed by atoms with Gasteiger partial charge in [0.05, 0.1) is 12.7 Å². The molecule has 0 aliphatic carbocycles. The van der Waals surface area contributed by atoms with Crippen LogP contribution in [0, 0.1) is 0 Å². The Kier molecular flexibility index (Phi) is 6.53. The summed E-state index contributed by atoms with van der Waals surface area (Å²) in [6.07, 6.45) is 0. The van der Waals surface area contributed by atoms with Crippen molar-refractivity contribution in [3.8, 4) is 0 Å². The molecule has 1 aromatic rings. The largest absolute Gasteiger partial charge is 0.465 e. The van der Waals surface area contributed by atoms with Gasteiger partial charge in [0.15, 0.2) is 0 Å². The number of likely N-dealkylation sites (N-methyl/N-ethyl adjacent to an activating group) is 1. The Morgan fingerprint density at radius 3 is 2.47 bits per heavy atom. The van der Waals surface area contributed by atoms with Crippen molar-refractivity contribution in [3.05, 3.63) is 35.4 Å². The van der Waals surface area contributed by atoms with Gasteiger partial charge in [0.2, 0.25) is 0 Å². The van der Waals surface area contributed by atoms with Crippen LogP contribution in [0.15, 0.2) is 24.3 Å². The van der Waals surface area contributed by atoms with Crippen molar-refractivity contribution >= 4 is 5.97 Å². The molecule has 106 valence electrons. The number of hydrogen-bond donors (Lipinski definition) is 1. The number of nitrogens with one attached hydrogen (secondary N) is 1. The lowest BCUT2D eigenvalue weighted by Crippen LogP contribution is -2.33. The first-order chi connectivity index (χ1) is 9.04. The summed E-state index contributed by atoms with van der Waals surface area (Å²) in [4.78, 5) is 13.6. The van der Waals surface area contributed by atoms with E-state index in [0.717, 1.165) is 19.6 Å². The van der Waals surface area contributed by atoms with Gasteiger partial charge in [-0.05, 0) is 38.6 Å². The molecule has 4 heteroatoms. The lowest BCUT2D eigenvalue weighted by molar-refractivity contribution is 0.0600. The number of methoxy groups -OCH3 is 1. The van der Waals surface area contributed by atoms with Crippen LogP contribution in [0.1, 0.15) is 29.8 Å². The molecule has 0 spiro atoms. The summed E-state index contributed by atoms with van der Waals surface area (Å²) in [7, 11) is 3.51. The van der Waals surface area contributed by atoms with E-state index in [1.165, 1.54) is 12.7 Å². The highest BCUT2D eigenvalue weighted by Gasteiger charge is 2.04. The predicted octanol–water partition coefficient (Wildman–Crippen LogP) is 1.90. The number of rotatable bonds is 7. The smallest absolute Gasteiger partial charge is 0.337 e. The normalized spacial score (nSPS) is 11.1. The highest BCUT2D eigenvalue weighted by Crippen LogP contribution is 2.05. The highest BCUT2D eigenvalue weighted by molar-refractivity contribution is 5.89. The van der Waals surface area contributed by atoms with E-state index in [1.807, 2.05) is 12.1 Å². The predicted molar refractivity (Wildman–Crippen MR) is 77.3 cm³/mol. The third kappa shape index (κ3) is 5.41. The third-order valence-electron chi connectivity index (χ3n) is 3.23. The number of ether oxygens (including phenoxy) is 1. The van der Waals surface area contributed by atoms with Gasteiger partial charge in [-0.25, -0.2) is 4.79 Å². The Bertz CT molecular complexity index is 388. The molecule has 0 amide bonds. The minimum atomic E-state index is -0.293. The van der Waals surface area contributed by atoms with Crippen LogP contribution in [0.25, 0.3) is 0 Å². The van der Waals surface area contributed by atoms with E-state index in [9.17, 15) is 4.79 Å². The summed E-state index contributed by atoms with van der Waals surface area (Å²) in [5, 5.41) is 3.39. The minimum absolute atomic E-state index is 0.293. The molecule has 0 aliphatic heterocycles. The standard InChI is InChI=1S/C15H24N2O2/c1-12(2)17(3)10-9-16-11-13-5-7-14(8-6-13)15(18)19-4/h5-8,12,16H,9-11H2,1-4H3. The maximum absolute atomic E-state index is 11.3. The summed E-state index contributed by atoms with van der Waals surface area (Å²) in [6, 6.07) is 8.06. The highest BCUT2D eigenvalue weighted by atomic mass is 16.5. The van der Waals surface area contributed by atoms with Crippen LogP contribution in [0.2, 0.25) is 0 Å². The third-order valence-corrected chi connectivity index (χ3v) is 3.23. The van der Waals surface area contributed by atoms with E-state index < -0.39 is 0 Å². The van der Waals surface area contributed by atoms with E-state index in [4.69, 9.17) is 0 Å². The quantitative estimate of drug-likeness (QED) is 0.603. The number of esters is 1. The van der Waals surface area contributed by atoms with Gasteiger partial charge in [-0.1, -0.05) is 12.1 Å². The molecular weight excluding hydrogens is 240 g/mol. The van der Waals surface area contributed by atoms with Gasteiger partial charge in [-0.3, -0.25) is 0 Å². The van der Waals surface area contributed by atoms with Crippen LogP contribution in [0.4, 0.5) is 0 Å². The minimum Gasteiger partial charge on any atom is -0.465 e. The Labute approximate surface area is 115 Å². The molecule has 0 unspecified atom stereocenters. The van der Waals surface area contributed by atoms with Crippen LogP contribution in [-0.2, 0) is 11.3 Å². The number of hydrogen-bond acceptors (Lipinski definition) is 4. The molecule has 0 radical (unpaired) electrons. The second kappa shape index (κ2) is 7.92. The Hall–Kier alpha value is -1.39. The second-order valence-corrected chi connectivity index (χ2v) is 4.94. The van der Waals surface area contributed by atoms with E-state index >= 15 is 0 Å². The maximum Gasteiger partial charge on any atom is 0.337 e. The van der Waals surface area contributed by atoms with Gasteiger partial charge in [0.25, 0.3) is 0 Å². The lowest BCUT2D eigenvalue weighted by atomic mass is 10.1. The maximum atomic E-state index is 11.3. The second-order valence-electron chi connectivity index (χ2n) is 4.94. The van der Waals surface area contributed by atoms with Crippen molar-refractivity contribution in [2.75, 3.05) is 27.2 Å². The molecule has 0 fully saturated rings. The van der Waals surface area contributed by atoms with Gasteiger partial charge in [0.1, 0.15) is 0 Å². The fourth-order valence-corrected chi connectivity index (χ4v) is 1.62. The average molecular weight is 264 g/mol. The molecular formula is C15H24N2O2. The topological polar surface area (TPSA) is 41.6 Å². The van der Waals surface area contributed by atoms with Crippen molar-refractivity contribution < 1.29 is 9.53 Å². The fourth-order valence-electron chi connectivity index (χ4n) is 1.62.